The van der Waals surface area contributed by atoms with Gasteiger partial charge < -0.3 is 4.74 Å². The smallest absolute Gasteiger partial charge is 0.266 e. The minimum absolute atomic E-state index is 0.211. The Bertz CT molecular complexity index is 568. The number of amides is 1. The third kappa shape index (κ3) is 4.04. The van der Waals surface area contributed by atoms with Crippen LogP contribution in [0.1, 0.15) is 11.8 Å². The minimum atomic E-state index is -0.578. The van der Waals surface area contributed by atoms with Gasteiger partial charge in [0, 0.05) is 15.5 Å². The number of anilines is 1. The molecule has 100 valence electrons. The van der Waals surface area contributed by atoms with Gasteiger partial charge in [0.2, 0.25) is 0 Å². The lowest BCUT2D eigenvalue weighted by Crippen LogP contribution is -2.30. The fraction of sp³-hybridized carbons (Fsp3) is 0.231. The summed E-state index contributed by atoms with van der Waals surface area (Å²) in [6.45, 7) is 3.65. The molecule has 1 aromatic carbocycles. The van der Waals surface area contributed by atoms with Crippen molar-refractivity contribution in [2.24, 2.45) is 0 Å². The molecule has 0 fully saturated rings. The molecular weight excluding hydrogens is 328 g/mol. The number of hydrogen-bond donors (Lipinski definition) is 1. The molecule has 19 heavy (non-hydrogen) atoms. The van der Waals surface area contributed by atoms with Gasteiger partial charge in [-0.05, 0) is 38.1 Å². The molecule has 0 bridgehead atoms. The van der Waals surface area contributed by atoms with Crippen LogP contribution < -0.4 is 10.1 Å². The van der Waals surface area contributed by atoms with Crippen molar-refractivity contribution < 1.29 is 9.53 Å². The number of carbonyl (C=O) groups excluding carboxylic acids is 1. The second kappa shape index (κ2) is 6.16. The van der Waals surface area contributed by atoms with Crippen LogP contribution in [0.15, 0.2) is 34.9 Å². The van der Waals surface area contributed by atoms with Gasteiger partial charge in [-0.2, -0.15) is 0 Å². The number of benzene rings is 1. The van der Waals surface area contributed by atoms with Crippen molar-refractivity contribution in [1.29, 1.82) is 0 Å². The predicted octanol–water partition coefficient (Wildman–Crippen LogP) is 3.62. The average Bonchev–Trinajstić information content (AvgIpc) is 2.77. The quantitative estimate of drug-likeness (QED) is 0.924. The number of thiazole rings is 1. The zero-order chi connectivity index (χ0) is 13.8. The molecule has 2 aromatic rings. The minimum Gasteiger partial charge on any atom is -0.481 e. The number of aromatic nitrogens is 1. The van der Waals surface area contributed by atoms with E-state index in [9.17, 15) is 4.79 Å². The summed E-state index contributed by atoms with van der Waals surface area (Å²) in [6.07, 6.45) is 1.14. The Morgan fingerprint density at radius 2 is 2.11 bits per heavy atom. The maximum absolute atomic E-state index is 11.9. The van der Waals surface area contributed by atoms with Crippen LogP contribution >= 0.6 is 27.3 Å². The Labute approximate surface area is 124 Å². The third-order valence-electron chi connectivity index (χ3n) is 2.35. The number of carbonyl (C=O) groups is 1. The molecule has 0 saturated carbocycles. The summed E-state index contributed by atoms with van der Waals surface area (Å²) in [4.78, 5) is 17.0. The summed E-state index contributed by atoms with van der Waals surface area (Å²) in [6, 6.07) is 7.34. The topological polar surface area (TPSA) is 51.2 Å². The molecule has 0 aliphatic heterocycles. The van der Waals surface area contributed by atoms with Gasteiger partial charge in [0.05, 0.1) is 0 Å². The highest BCUT2D eigenvalue weighted by atomic mass is 79.9. The Morgan fingerprint density at radius 3 is 2.68 bits per heavy atom. The Kier molecular flexibility index (Phi) is 4.55. The fourth-order valence-electron chi connectivity index (χ4n) is 1.39. The van der Waals surface area contributed by atoms with E-state index in [1.807, 2.05) is 19.1 Å². The van der Waals surface area contributed by atoms with Crippen molar-refractivity contribution in [3.8, 4) is 5.75 Å². The van der Waals surface area contributed by atoms with Gasteiger partial charge in [-0.15, -0.1) is 11.3 Å². The second-order valence-corrected chi connectivity index (χ2v) is 6.13. The summed E-state index contributed by atoms with van der Waals surface area (Å²) in [5.41, 5.74) is 0. The van der Waals surface area contributed by atoms with E-state index in [1.165, 1.54) is 11.3 Å². The number of halogens is 1. The van der Waals surface area contributed by atoms with Crippen molar-refractivity contribution in [1.82, 2.24) is 4.98 Å². The predicted molar refractivity (Wildman–Crippen MR) is 79.7 cm³/mol. The van der Waals surface area contributed by atoms with Gasteiger partial charge in [0.15, 0.2) is 11.2 Å². The summed E-state index contributed by atoms with van der Waals surface area (Å²) >= 11 is 4.78. The number of hydrogen-bond acceptors (Lipinski definition) is 4. The normalized spacial score (nSPS) is 11.9. The summed E-state index contributed by atoms with van der Waals surface area (Å²) in [5, 5.41) is 3.32. The van der Waals surface area contributed by atoms with E-state index in [1.54, 1.807) is 25.3 Å². The monoisotopic (exact) mass is 340 g/mol. The van der Waals surface area contributed by atoms with Crippen molar-refractivity contribution in [2.75, 3.05) is 5.32 Å². The van der Waals surface area contributed by atoms with Gasteiger partial charge in [0.1, 0.15) is 5.75 Å². The first kappa shape index (κ1) is 14.0. The first-order valence-corrected chi connectivity index (χ1v) is 7.31. The Hall–Kier alpha value is -1.40. The highest BCUT2D eigenvalue weighted by Gasteiger charge is 2.16. The highest BCUT2D eigenvalue weighted by molar-refractivity contribution is 9.10. The van der Waals surface area contributed by atoms with E-state index < -0.39 is 6.10 Å². The van der Waals surface area contributed by atoms with Crippen LogP contribution in [0, 0.1) is 6.92 Å². The van der Waals surface area contributed by atoms with E-state index in [0.29, 0.717) is 10.9 Å². The molecular formula is C13H13BrN2O2S. The SMILES string of the molecule is Cc1cnc(NC(=O)[C@@H](C)Oc2ccc(Br)cc2)s1. The van der Waals surface area contributed by atoms with Crippen LogP contribution in [0.3, 0.4) is 0 Å². The van der Waals surface area contributed by atoms with Crippen LogP contribution in [0.4, 0.5) is 5.13 Å². The lowest BCUT2D eigenvalue weighted by atomic mass is 10.3. The van der Waals surface area contributed by atoms with Gasteiger partial charge in [-0.3, -0.25) is 10.1 Å². The van der Waals surface area contributed by atoms with E-state index in [2.05, 4.69) is 26.2 Å². The second-order valence-electron chi connectivity index (χ2n) is 3.98. The van der Waals surface area contributed by atoms with E-state index in [4.69, 9.17) is 4.74 Å². The molecule has 1 N–H and O–H groups in total. The van der Waals surface area contributed by atoms with Crippen molar-refractivity contribution >= 4 is 38.3 Å². The average molecular weight is 341 g/mol. The van der Waals surface area contributed by atoms with E-state index >= 15 is 0 Å². The van der Waals surface area contributed by atoms with Crippen molar-refractivity contribution in [3.05, 3.63) is 39.8 Å². The first-order valence-electron chi connectivity index (χ1n) is 5.70. The van der Waals surface area contributed by atoms with E-state index in [0.717, 1.165) is 9.35 Å². The molecule has 6 heteroatoms. The zero-order valence-electron chi connectivity index (χ0n) is 10.5. The maximum atomic E-state index is 11.9. The first-order chi connectivity index (χ1) is 9.04. The number of nitrogens with zero attached hydrogens (tertiary/aromatic N) is 1. The van der Waals surface area contributed by atoms with E-state index in [-0.39, 0.29) is 5.91 Å². The molecule has 0 unspecified atom stereocenters. The summed E-state index contributed by atoms with van der Waals surface area (Å²) in [7, 11) is 0. The number of nitrogens with one attached hydrogen (secondary N) is 1. The number of aryl methyl sites for hydroxylation is 1. The number of ether oxygens (including phenoxy) is 1. The van der Waals surface area contributed by atoms with Crippen molar-refractivity contribution in [3.63, 3.8) is 0 Å². The highest BCUT2D eigenvalue weighted by Crippen LogP contribution is 2.19. The van der Waals surface area contributed by atoms with Crippen LogP contribution in [0.25, 0.3) is 0 Å². The third-order valence-corrected chi connectivity index (χ3v) is 3.70. The summed E-state index contributed by atoms with van der Waals surface area (Å²) < 4.78 is 6.52. The van der Waals surface area contributed by atoms with Gasteiger partial charge in [-0.25, -0.2) is 4.98 Å². The molecule has 0 aliphatic carbocycles. The Balaban J connectivity index is 1.94. The van der Waals surface area contributed by atoms with Crippen LogP contribution in [0.5, 0.6) is 5.75 Å². The lowest BCUT2D eigenvalue weighted by Gasteiger charge is -2.13. The molecule has 1 amide bonds. The zero-order valence-corrected chi connectivity index (χ0v) is 12.9. The number of rotatable bonds is 4. The summed E-state index contributed by atoms with van der Waals surface area (Å²) in [5.74, 6) is 0.443. The molecule has 1 heterocycles. The van der Waals surface area contributed by atoms with Crippen LogP contribution in [-0.2, 0) is 4.79 Å². The molecule has 0 radical (unpaired) electrons. The maximum Gasteiger partial charge on any atom is 0.266 e. The largest absolute Gasteiger partial charge is 0.481 e. The van der Waals surface area contributed by atoms with Crippen LogP contribution in [-0.4, -0.2) is 17.0 Å². The molecule has 1 atom stereocenters. The molecule has 4 nitrogen and oxygen atoms in total. The standard InChI is InChI=1S/C13H13BrN2O2S/c1-8-7-15-13(19-8)16-12(17)9(2)18-11-5-3-10(14)4-6-11/h3-7,9H,1-2H3,(H,15,16,17)/t9-/m1/s1. The molecule has 1 aromatic heterocycles. The van der Waals surface area contributed by atoms with Gasteiger partial charge in [-0.1, -0.05) is 15.9 Å². The van der Waals surface area contributed by atoms with Gasteiger partial charge in [0.25, 0.3) is 5.91 Å². The molecule has 0 saturated heterocycles. The molecule has 2 rings (SSSR count). The lowest BCUT2D eigenvalue weighted by molar-refractivity contribution is -0.122. The van der Waals surface area contributed by atoms with Crippen LogP contribution in [0.2, 0.25) is 0 Å². The fourth-order valence-corrected chi connectivity index (χ4v) is 2.32. The van der Waals surface area contributed by atoms with Gasteiger partial charge >= 0.3 is 0 Å². The molecule has 0 aliphatic rings. The Morgan fingerprint density at radius 1 is 1.42 bits per heavy atom. The molecule has 0 spiro atoms. The van der Waals surface area contributed by atoms with Crippen molar-refractivity contribution in [2.45, 2.75) is 20.0 Å².